The van der Waals surface area contributed by atoms with Gasteiger partial charge in [-0.3, -0.25) is 0 Å². The number of likely N-dealkylation sites (tertiary alicyclic amines) is 1. The van der Waals surface area contributed by atoms with Gasteiger partial charge >= 0.3 is 0 Å². The highest BCUT2D eigenvalue weighted by Gasteiger charge is 2.70. The van der Waals surface area contributed by atoms with Crippen LogP contribution in [0.15, 0.2) is 12.2 Å². The number of nitrogens with one attached hydrogen (secondary N) is 1. The molecule has 1 saturated heterocycles. The maximum atomic E-state index is 11.1. The fourth-order valence-electron chi connectivity index (χ4n) is 13.7. The lowest BCUT2D eigenvalue weighted by molar-refractivity contribution is -0.247. The Kier molecular flexibility index (Phi) is 8.36. The molecule has 0 amide bonds. The summed E-state index contributed by atoms with van der Waals surface area (Å²) < 4.78 is 0. The predicted molar refractivity (Wildman–Crippen MR) is 174 cm³/mol. The Morgan fingerprint density at radius 2 is 1.57 bits per heavy atom. The van der Waals surface area contributed by atoms with Gasteiger partial charge in [-0.15, -0.1) is 0 Å². The molecule has 0 bridgehead atoms. The number of piperidine rings is 1. The average Bonchev–Trinajstić information content (AvgIpc) is 3.33. The molecule has 5 aliphatic carbocycles. The van der Waals surface area contributed by atoms with Gasteiger partial charge in [0.15, 0.2) is 0 Å². The summed E-state index contributed by atoms with van der Waals surface area (Å²) in [5.74, 6) is 3.75. The van der Waals surface area contributed by atoms with Crippen LogP contribution in [0.2, 0.25) is 0 Å². The lowest BCUT2D eigenvalue weighted by Gasteiger charge is -2.73. The first-order valence-electron chi connectivity index (χ1n) is 18.2. The van der Waals surface area contributed by atoms with E-state index in [4.69, 9.17) is 0 Å². The molecule has 0 aromatic carbocycles. The largest absolute Gasteiger partial charge is 0.395 e. The first-order valence-corrected chi connectivity index (χ1v) is 18.2. The second kappa shape index (κ2) is 11.1. The van der Waals surface area contributed by atoms with Gasteiger partial charge in [-0.2, -0.15) is 0 Å². The normalized spacial score (nSPS) is 49.0. The molecule has 6 fully saturated rings. The minimum Gasteiger partial charge on any atom is -0.395 e. The zero-order chi connectivity index (χ0) is 30.1. The van der Waals surface area contributed by atoms with Crippen molar-refractivity contribution in [3.05, 3.63) is 12.2 Å². The van der Waals surface area contributed by atoms with Gasteiger partial charge in [0.1, 0.15) is 0 Å². The van der Waals surface area contributed by atoms with E-state index in [0.717, 1.165) is 43.8 Å². The number of β-amino-alcohol motifs (C(OH)–C–C–N with tert-alkyl or cyclic N) is 1. The molecule has 0 unspecified atom stereocenters. The molecule has 6 aliphatic rings. The summed E-state index contributed by atoms with van der Waals surface area (Å²) in [4.78, 5) is 2.42. The highest BCUT2D eigenvalue weighted by Crippen LogP contribution is 2.77. The summed E-state index contributed by atoms with van der Waals surface area (Å²) in [6.45, 7) is 24.5. The minimum absolute atomic E-state index is 0.0345. The van der Waals surface area contributed by atoms with Crippen LogP contribution in [0.4, 0.5) is 0 Å². The van der Waals surface area contributed by atoms with Crippen molar-refractivity contribution in [1.29, 1.82) is 0 Å². The number of nitrogens with zero attached hydrogens (tertiary/aromatic N) is 1. The average molecular weight is 583 g/mol. The first-order chi connectivity index (χ1) is 19.8. The topological polar surface area (TPSA) is 55.7 Å². The van der Waals surface area contributed by atoms with Crippen LogP contribution < -0.4 is 5.32 Å². The maximum Gasteiger partial charge on any atom is 0.0594 e. The Labute approximate surface area is 258 Å². The van der Waals surface area contributed by atoms with Gasteiger partial charge in [0, 0.05) is 12.6 Å². The predicted octanol–water partition coefficient (Wildman–Crippen LogP) is 7.44. The van der Waals surface area contributed by atoms with Crippen LogP contribution in [0.1, 0.15) is 125 Å². The molecule has 0 aromatic rings. The lowest BCUT2D eigenvalue weighted by Crippen LogP contribution is -2.66. The quantitative estimate of drug-likeness (QED) is 0.273. The van der Waals surface area contributed by atoms with Crippen molar-refractivity contribution in [2.75, 3.05) is 32.8 Å². The van der Waals surface area contributed by atoms with Gasteiger partial charge < -0.3 is 20.4 Å². The van der Waals surface area contributed by atoms with Crippen LogP contribution in [0.5, 0.6) is 0 Å². The highest BCUT2D eigenvalue weighted by atomic mass is 16.3. The van der Waals surface area contributed by atoms with Crippen molar-refractivity contribution in [2.24, 2.45) is 56.7 Å². The number of hydrogen-bond donors (Lipinski definition) is 3. The fourth-order valence-corrected chi connectivity index (χ4v) is 13.7. The van der Waals surface area contributed by atoms with Crippen molar-refractivity contribution < 1.29 is 10.2 Å². The number of aliphatic hydroxyl groups is 2. The Morgan fingerprint density at radius 1 is 0.833 bits per heavy atom. The summed E-state index contributed by atoms with van der Waals surface area (Å²) in [5.41, 5.74) is 3.14. The van der Waals surface area contributed by atoms with Crippen LogP contribution >= 0.6 is 0 Å². The third kappa shape index (κ3) is 4.65. The zero-order valence-corrected chi connectivity index (χ0v) is 28.3. The van der Waals surface area contributed by atoms with Crippen LogP contribution in [0, 0.1) is 56.7 Å². The first kappa shape index (κ1) is 31.6. The Morgan fingerprint density at radius 3 is 2.26 bits per heavy atom. The third-order valence-electron chi connectivity index (χ3n) is 16.3. The molecule has 4 nitrogen and oxygen atoms in total. The van der Waals surface area contributed by atoms with Crippen LogP contribution in [0.25, 0.3) is 0 Å². The molecule has 10 atom stereocenters. The Bertz CT molecular complexity index is 1000. The summed E-state index contributed by atoms with van der Waals surface area (Å²) in [6, 6.07) is 0.644. The van der Waals surface area contributed by atoms with Gasteiger partial charge in [-0.05, 0) is 167 Å². The second-order valence-electron chi connectivity index (χ2n) is 18.0. The van der Waals surface area contributed by atoms with Crippen LogP contribution in [0.3, 0.4) is 0 Å². The monoisotopic (exact) mass is 583 g/mol. The second-order valence-corrected chi connectivity index (χ2v) is 18.0. The smallest absolute Gasteiger partial charge is 0.0594 e. The molecule has 0 spiro atoms. The number of fused-ring (bicyclic) bond motifs is 7. The van der Waals surface area contributed by atoms with Gasteiger partial charge in [0.2, 0.25) is 0 Å². The van der Waals surface area contributed by atoms with Crippen molar-refractivity contribution in [1.82, 2.24) is 10.2 Å². The summed E-state index contributed by atoms with van der Waals surface area (Å²) in [7, 11) is 0. The Hall–Kier alpha value is -0.420. The summed E-state index contributed by atoms with van der Waals surface area (Å²) in [6.07, 6.45) is 16.9. The van der Waals surface area contributed by atoms with Crippen LogP contribution in [-0.4, -0.2) is 60.0 Å². The van der Waals surface area contributed by atoms with E-state index >= 15 is 0 Å². The van der Waals surface area contributed by atoms with Gasteiger partial charge in [0.25, 0.3) is 0 Å². The molecule has 1 heterocycles. The summed E-state index contributed by atoms with van der Waals surface area (Å²) in [5, 5.41) is 24.4. The molecular weight excluding hydrogens is 516 g/mol. The SMILES string of the molecule is C=C(C)[C@@H]1CC[C@]2(CCNC3CCN(CCO)CC3)CC[C@]3(C)[C@H](CC[C@@H]4[C@@]5(C)CC[C@H](O)C(C)(C)[C@@H]5CC[C@]43C)[C@@H]12. The molecule has 5 saturated carbocycles. The third-order valence-corrected chi connectivity index (χ3v) is 16.3. The molecule has 42 heavy (non-hydrogen) atoms. The molecule has 6 rings (SSSR count). The van der Waals surface area contributed by atoms with Crippen molar-refractivity contribution in [2.45, 2.75) is 137 Å². The van der Waals surface area contributed by atoms with E-state index in [1.54, 1.807) is 0 Å². The van der Waals surface area contributed by atoms with Crippen molar-refractivity contribution in [3.63, 3.8) is 0 Å². The molecule has 240 valence electrons. The molecule has 0 radical (unpaired) electrons. The lowest BCUT2D eigenvalue weighted by atomic mass is 9.32. The highest BCUT2D eigenvalue weighted by molar-refractivity contribution is 5.21. The standard InChI is InChI=1S/C38H66N2O2/c1-26(2)28-10-17-38(20-21-39-27-13-22-40(23-14-27)24-25-41)19-18-36(6)29(33(28)38)8-9-31-35(5)15-12-32(42)34(3,4)30(35)11-16-37(31,36)7/h27-33,39,41-42H,1,8-25H2,2-7H3/t28-,29+,30-,31+,32-,33+,35-,36+,37+,38+/m0/s1. The Balaban J connectivity index is 1.22. The van der Waals surface area contributed by atoms with Gasteiger partial charge in [0.05, 0.1) is 12.7 Å². The number of hydrogen-bond acceptors (Lipinski definition) is 4. The van der Waals surface area contributed by atoms with E-state index in [1.165, 1.54) is 89.2 Å². The maximum absolute atomic E-state index is 11.1. The van der Waals surface area contributed by atoms with Gasteiger partial charge in [-0.25, -0.2) is 0 Å². The van der Waals surface area contributed by atoms with Crippen LogP contribution in [-0.2, 0) is 0 Å². The molecule has 3 N–H and O–H groups in total. The van der Waals surface area contributed by atoms with Crippen molar-refractivity contribution >= 4 is 0 Å². The van der Waals surface area contributed by atoms with E-state index in [1.807, 2.05) is 0 Å². The van der Waals surface area contributed by atoms with E-state index in [9.17, 15) is 10.2 Å². The molecule has 1 aliphatic heterocycles. The van der Waals surface area contributed by atoms with Gasteiger partial charge in [-0.1, -0.05) is 46.8 Å². The fraction of sp³-hybridized carbons (Fsp3) is 0.947. The molecular formula is C38H66N2O2. The van der Waals surface area contributed by atoms with E-state index in [0.29, 0.717) is 39.5 Å². The number of aliphatic hydroxyl groups excluding tert-OH is 2. The number of allylic oxidation sites excluding steroid dienone is 1. The van der Waals surface area contributed by atoms with E-state index in [-0.39, 0.29) is 18.1 Å². The zero-order valence-electron chi connectivity index (χ0n) is 28.3. The summed E-state index contributed by atoms with van der Waals surface area (Å²) >= 11 is 0. The number of rotatable bonds is 7. The van der Waals surface area contributed by atoms with E-state index in [2.05, 4.69) is 58.3 Å². The minimum atomic E-state index is -0.140. The molecule has 4 heteroatoms. The molecule has 0 aromatic heterocycles. The van der Waals surface area contributed by atoms with E-state index < -0.39 is 0 Å². The van der Waals surface area contributed by atoms with Crippen molar-refractivity contribution in [3.8, 4) is 0 Å².